The molecule has 2 heterocycles. The zero-order chi connectivity index (χ0) is 14.2. The van der Waals surface area contributed by atoms with Crippen LogP contribution in [0.5, 0.6) is 0 Å². The van der Waals surface area contributed by atoms with Gasteiger partial charge >= 0.3 is 6.18 Å². The minimum Gasteiger partial charge on any atom is -0.362 e. The van der Waals surface area contributed by atoms with Gasteiger partial charge in [-0.15, -0.1) is 0 Å². The van der Waals surface area contributed by atoms with Gasteiger partial charge in [0.1, 0.15) is 5.82 Å². The molecule has 0 aliphatic rings. The maximum Gasteiger partial charge on any atom is 0.451 e. The van der Waals surface area contributed by atoms with E-state index in [1.165, 1.54) is 7.05 Å². The lowest BCUT2D eigenvalue weighted by Crippen LogP contribution is -2.13. The number of pyridine rings is 1. The van der Waals surface area contributed by atoms with Gasteiger partial charge in [-0.25, -0.2) is 14.6 Å². The number of hydrogen-bond donors (Lipinski definition) is 0. The quantitative estimate of drug-likeness (QED) is 0.837. The Morgan fingerprint density at radius 2 is 1.95 bits per heavy atom. The van der Waals surface area contributed by atoms with Gasteiger partial charge in [0.15, 0.2) is 5.82 Å². The summed E-state index contributed by atoms with van der Waals surface area (Å²) in [6.45, 7) is 0. The van der Waals surface area contributed by atoms with E-state index in [1.54, 1.807) is 37.3 Å². The van der Waals surface area contributed by atoms with Crippen LogP contribution in [0.4, 0.5) is 19.0 Å². The SMILES string of the molecule is CN(C)c1ncccc1-c1nc(C(F)(F)F)n(C)n1. The van der Waals surface area contributed by atoms with Crippen molar-refractivity contribution in [3.8, 4) is 11.4 Å². The second kappa shape index (κ2) is 4.52. The molecular weight excluding hydrogens is 259 g/mol. The van der Waals surface area contributed by atoms with Gasteiger partial charge in [-0.2, -0.15) is 18.3 Å². The molecule has 2 rings (SSSR count). The van der Waals surface area contributed by atoms with Gasteiger partial charge in [-0.05, 0) is 12.1 Å². The average molecular weight is 271 g/mol. The number of anilines is 1. The molecule has 2 aromatic rings. The Morgan fingerprint density at radius 3 is 2.47 bits per heavy atom. The van der Waals surface area contributed by atoms with Crippen molar-refractivity contribution < 1.29 is 13.2 Å². The van der Waals surface area contributed by atoms with E-state index in [2.05, 4.69) is 15.1 Å². The van der Waals surface area contributed by atoms with Crippen molar-refractivity contribution in [2.75, 3.05) is 19.0 Å². The standard InChI is InChI=1S/C11H12F3N5/c1-18(2)9-7(5-4-6-15-9)8-16-10(11(12,13)14)19(3)17-8/h4-6H,1-3H3. The minimum absolute atomic E-state index is 0.00613. The number of aromatic nitrogens is 4. The second-order valence-electron chi connectivity index (χ2n) is 4.15. The number of rotatable bonds is 2. The van der Waals surface area contributed by atoms with Crippen LogP contribution in [0.25, 0.3) is 11.4 Å². The normalized spacial score (nSPS) is 11.7. The van der Waals surface area contributed by atoms with E-state index < -0.39 is 12.0 Å². The van der Waals surface area contributed by atoms with Crippen molar-refractivity contribution in [1.29, 1.82) is 0 Å². The summed E-state index contributed by atoms with van der Waals surface area (Å²) in [7, 11) is 4.71. The van der Waals surface area contributed by atoms with Crippen molar-refractivity contribution in [3.05, 3.63) is 24.2 Å². The van der Waals surface area contributed by atoms with E-state index in [9.17, 15) is 13.2 Å². The highest BCUT2D eigenvalue weighted by Crippen LogP contribution is 2.31. The topological polar surface area (TPSA) is 46.8 Å². The molecule has 102 valence electrons. The smallest absolute Gasteiger partial charge is 0.362 e. The highest BCUT2D eigenvalue weighted by molar-refractivity contribution is 5.70. The van der Waals surface area contributed by atoms with Crippen molar-refractivity contribution in [2.45, 2.75) is 6.18 Å². The molecule has 0 saturated carbocycles. The van der Waals surface area contributed by atoms with Crippen LogP contribution in [0.1, 0.15) is 5.82 Å². The molecule has 0 saturated heterocycles. The predicted octanol–water partition coefficient (Wildman–Crippen LogP) is 1.96. The molecule has 0 amide bonds. The third kappa shape index (κ3) is 2.51. The highest BCUT2D eigenvalue weighted by atomic mass is 19.4. The Bertz CT molecular complexity index is 588. The number of halogens is 3. The Kier molecular flexibility index (Phi) is 3.17. The van der Waals surface area contributed by atoms with Gasteiger partial charge in [0.2, 0.25) is 5.82 Å². The van der Waals surface area contributed by atoms with E-state index in [0.29, 0.717) is 11.4 Å². The number of hydrogen-bond acceptors (Lipinski definition) is 4. The molecule has 0 spiro atoms. The molecule has 8 heteroatoms. The van der Waals surface area contributed by atoms with Gasteiger partial charge in [-0.3, -0.25) is 0 Å². The Morgan fingerprint density at radius 1 is 1.26 bits per heavy atom. The van der Waals surface area contributed by atoms with Crippen LogP contribution >= 0.6 is 0 Å². The fourth-order valence-corrected chi connectivity index (χ4v) is 1.67. The Balaban J connectivity index is 2.55. The summed E-state index contributed by atoms with van der Waals surface area (Å²) in [5.74, 6) is -0.510. The predicted molar refractivity (Wildman–Crippen MR) is 63.6 cm³/mol. The monoisotopic (exact) mass is 271 g/mol. The highest BCUT2D eigenvalue weighted by Gasteiger charge is 2.37. The van der Waals surface area contributed by atoms with Crippen LogP contribution in [0.2, 0.25) is 0 Å². The molecule has 0 atom stereocenters. The molecule has 19 heavy (non-hydrogen) atoms. The lowest BCUT2D eigenvalue weighted by atomic mass is 10.2. The molecule has 0 bridgehead atoms. The summed E-state index contributed by atoms with van der Waals surface area (Å²) in [4.78, 5) is 9.36. The van der Waals surface area contributed by atoms with E-state index in [-0.39, 0.29) is 5.82 Å². The molecule has 0 aliphatic heterocycles. The molecule has 0 aromatic carbocycles. The summed E-state index contributed by atoms with van der Waals surface area (Å²) < 4.78 is 38.8. The van der Waals surface area contributed by atoms with Crippen LogP contribution in [-0.4, -0.2) is 33.8 Å². The largest absolute Gasteiger partial charge is 0.451 e. The zero-order valence-corrected chi connectivity index (χ0v) is 10.6. The number of alkyl halides is 3. The first kappa shape index (κ1) is 13.3. The number of nitrogens with zero attached hydrogens (tertiary/aromatic N) is 5. The van der Waals surface area contributed by atoms with Crippen LogP contribution in [-0.2, 0) is 13.2 Å². The molecule has 0 aliphatic carbocycles. The minimum atomic E-state index is -4.53. The average Bonchev–Trinajstić information content (AvgIpc) is 2.71. The van der Waals surface area contributed by atoms with Crippen LogP contribution in [0.3, 0.4) is 0 Å². The third-order valence-corrected chi connectivity index (χ3v) is 2.47. The van der Waals surface area contributed by atoms with Gasteiger partial charge < -0.3 is 4.90 Å². The summed E-state index contributed by atoms with van der Waals surface area (Å²) >= 11 is 0. The number of aryl methyl sites for hydroxylation is 1. The molecule has 0 unspecified atom stereocenters. The summed E-state index contributed by atoms with van der Waals surface area (Å²) in [6, 6.07) is 3.27. The van der Waals surface area contributed by atoms with Crippen LogP contribution in [0, 0.1) is 0 Å². The molecule has 0 N–H and O–H groups in total. The molecule has 0 fully saturated rings. The van der Waals surface area contributed by atoms with Crippen LogP contribution < -0.4 is 4.90 Å². The maximum atomic E-state index is 12.7. The zero-order valence-electron chi connectivity index (χ0n) is 10.6. The first-order chi connectivity index (χ1) is 8.80. The molecule has 5 nitrogen and oxygen atoms in total. The van der Waals surface area contributed by atoms with E-state index in [1.807, 2.05) is 0 Å². The molecule has 0 radical (unpaired) electrons. The lowest BCUT2D eigenvalue weighted by molar-refractivity contribution is -0.147. The second-order valence-corrected chi connectivity index (χ2v) is 4.15. The first-order valence-electron chi connectivity index (χ1n) is 5.41. The molecule has 2 aromatic heterocycles. The summed E-state index contributed by atoms with van der Waals surface area (Å²) in [5, 5.41) is 3.81. The molecular formula is C11H12F3N5. The van der Waals surface area contributed by atoms with Crippen molar-refractivity contribution >= 4 is 5.82 Å². The van der Waals surface area contributed by atoms with E-state index in [0.717, 1.165) is 4.68 Å². The fraction of sp³-hybridized carbons (Fsp3) is 0.364. The van der Waals surface area contributed by atoms with Gasteiger partial charge in [-0.1, -0.05) is 0 Å². The Hall–Kier alpha value is -2.12. The van der Waals surface area contributed by atoms with Crippen LogP contribution in [0.15, 0.2) is 18.3 Å². The third-order valence-electron chi connectivity index (χ3n) is 2.47. The van der Waals surface area contributed by atoms with Crippen molar-refractivity contribution in [1.82, 2.24) is 19.7 Å². The van der Waals surface area contributed by atoms with Crippen molar-refractivity contribution in [2.24, 2.45) is 7.05 Å². The maximum absolute atomic E-state index is 12.7. The summed E-state index contributed by atoms with van der Waals surface area (Å²) in [6.07, 6.45) is -2.97. The first-order valence-corrected chi connectivity index (χ1v) is 5.41. The van der Waals surface area contributed by atoms with Gasteiger partial charge in [0.05, 0.1) is 5.56 Å². The summed E-state index contributed by atoms with van der Waals surface area (Å²) in [5.41, 5.74) is 0.457. The fourth-order valence-electron chi connectivity index (χ4n) is 1.67. The van der Waals surface area contributed by atoms with Crippen molar-refractivity contribution in [3.63, 3.8) is 0 Å². The Labute approximate surface area is 107 Å². The van der Waals surface area contributed by atoms with E-state index in [4.69, 9.17) is 0 Å². The van der Waals surface area contributed by atoms with Gasteiger partial charge in [0.25, 0.3) is 0 Å². The lowest BCUT2D eigenvalue weighted by Gasteiger charge is -2.13. The van der Waals surface area contributed by atoms with Gasteiger partial charge in [0, 0.05) is 27.3 Å². The van der Waals surface area contributed by atoms with E-state index >= 15 is 0 Å².